The molecule has 2 aliphatic heterocycles. The maximum atomic E-state index is 13.3. The predicted octanol–water partition coefficient (Wildman–Crippen LogP) is 1.46. The van der Waals surface area contributed by atoms with Gasteiger partial charge in [-0.15, -0.1) is 0 Å². The molecular formula is C23H22N4O4. The maximum Gasteiger partial charge on any atom is 0.343 e. The molecule has 0 saturated heterocycles. The van der Waals surface area contributed by atoms with E-state index >= 15 is 0 Å². The fraction of sp³-hybridized carbons (Fsp3) is 0.304. The Balaban J connectivity index is 1.80. The number of pyridine rings is 2. The Hall–Kier alpha value is -3.36. The summed E-state index contributed by atoms with van der Waals surface area (Å²) in [6.45, 7) is 2.81. The number of hydrogen-bond acceptors (Lipinski definition) is 7. The molecule has 5 rings (SSSR count). The topological polar surface area (TPSA) is 120 Å². The SMILES string of the molecule is CC[C@@]1(O)C(=O)OCc2c1cc1n(c2=O)Cc2c-1nc1ccccc1c2C=NCCN. The van der Waals surface area contributed by atoms with Gasteiger partial charge in [-0.05, 0) is 18.6 Å². The highest BCUT2D eigenvalue weighted by Crippen LogP contribution is 2.39. The summed E-state index contributed by atoms with van der Waals surface area (Å²) in [5.74, 6) is -0.730. The standard InChI is InChI=1S/C23H22N4O4/c1-2-23(30)17-9-19-20-15(11-27(19)21(28)16(17)12-31-22(23)29)14(10-25-8-7-24)13-5-3-4-6-18(13)26-20/h3-6,9-10,30H,2,7-8,11-12,24H2,1H3/t23-/m0/s1. The van der Waals surface area contributed by atoms with Gasteiger partial charge in [0.1, 0.15) is 6.61 Å². The van der Waals surface area contributed by atoms with Crippen LogP contribution in [0.4, 0.5) is 0 Å². The van der Waals surface area contributed by atoms with Gasteiger partial charge in [-0.25, -0.2) is 9.78 Å². The van der Waals surface area contributed by atoms with Gasteiger partial charge in [0.25, 0.3) is 5.56 Å². The van der Waals surface area contributed by atoms with Crippen LogP contribution in [0.25, 0.3) is 22.3 Å². The zero-order chi connectivity index (χ0) is 21.8. The molecule has 0 unspecified atom stereocenters. The van der Waals surface area contributed by atoms with Crippen molar-refractivity contribution < 1.29 is 14.6 Å². The van der Waals surface area contributed by atoms with E-state index in [1.54, 1.807) is 23.8 Å². The van der Waals surface area contributed by atoms with Crippen LogP contribution in [0.1, 0.15) is 35.6 Å². The highest BCUT2D eigenvalue weighted by molar-refractivity contribution is 6.02. The number of benzene rings is 1. The molecule has 1 atom stereocenters. The quantitative estimate of drug-likeness (QED) is 0.382. The maximum absolute atomic E-state index is 13.3. The lowest BCUT2D eigenvalue weighted by molar-refractivity contribution is -0.172. The molecule has 158 valence electrons. The van der Waals surface area contributed by atoms with Crippen molar-refractivity contribution in [3.63, 3.8) is 0 Å². The molecule has 0 amide bonds. The number of aromatic nitrogens is 2. The second-order valence-corrected chi connectivity index (χ2v) is 7.80. The summed E-state index contributed by atoms with van der Waals surface area (Å²) in [6, 6.07) is 9.45. The summed E-state index contributed by atoms with van der Waals surface area (Å²) in [5.41, 5.74) is 7.89. The number of aliphatic imine (C=N–C) groups is 1. The number of nitrogens with two attached hydrogens (primary N) is 1. The Morgan fingerprint density at radius 2 is 2.13 bits per heavy atom. The summed E-state index contributed by atoms with van der Waals surface area (Å²) in [7, 11) is 0. The van der Waals surface area contributed by atoms with Crippen LogP contribution in [0.5, 0.6) is 0 Å². The van der Waals surface area contributed by atoms with E-state index in [9.17, 15) is 14.7 Å². The molecule has 0 aliphatic carbocycles. The predicted molar refractivity (Wildman–Crippen MR) is 116 cm³/mol. The summed E-state index contributed by atoms with van der Waals surface area (Å²) in [6.07, 6.45) is 1.90. The lowest BCUT2D eigenvalue weighted by Gasteiger charge is -2.31. The van der Waals surface area contributed by atoms with E-state index in [2.05, 4.69) is 4.99 Å². The number of nitrogens with zero attached hydrogens (tertiary/aromatic N) is 3. The van der Waals surface area contributed by atoms with E-state index in [1.807, 2.05) is 24.3 Å². The molecule has 1 aromatic carbocycles. The Morgan fingerprint density at radius 3 is 2.90 bits per heavy atom. The number of aliphatic hydroxyl groups is 1. The molecule has 0 bridgehead atoms. The fourth-order valence-corrected chi connectivity index (χ4v) is 4.44. The van der Waals surface area contributed by atoms with Crippen LogP contribution in [0.3, 0.4) is 0 Å². The van der Waals surface area contributed by atoms with Gasteiger partial charge in [-0.3, -0.25) is 9.79 Å². The highest BCUT2D eigenvalue weighted by Gasteiger charge is 2.45. The van der Waals surface area contributed by atoms with Crippen LogP contribution >= 0.6 is 0 Å². The summed E-state index contributed by atoms with van der Waals surface area (Å²) >= 11 is 0. The van der Waals surface area contributed by atoms with Crippen LogP contribution < -0.4 is 11.3 Å². The Labute approximate surface area is 178 Å². The van der Waals surface area contributed by atoms with Crippen molar-refractivity contribution in [3.05, 3.63) is 62.9 Å². The second kappa shape index (κ2) is 7.11. The number of fused-ring (bicyclic) bond motifs is 5. The summed E-state index contributed by atoms with van der Waals surface area (Å²) in [5, 5.41) is 11.9. The van der Waals surface area contributed by atoms with Gasteiger partial charge in [-0.2, -0.15) is 0 Å². The van der Waals surface area contributed by atoms with E-state index in [1.165, 1.54) is 0 Å². The molecule has 2 aromatic heterocycles. The van der Waals surface area contributed by atoms with E-state index in [4.69, 9.17) is 15.5 Å². The highest BCUT2D eigenvalue weighted by atomic mass is 16.6. The Morgan fingerprint density at radius 1 is 1.32 bits per heavy atom. The van der Waals surface area contributed by atoms with E-state index < -0.39 is 11.6 Å². The number of hydrogen-bond donors (Lipinski definition) is 2. The minimum absolute atomic E-state index is 0.108. The number of carbonyl (C=O) groups is 1. The molecule has 8 heteroatoms. The Kier molecular flexibility index (Phi) is 4.49. The number of cyclic esters (lactones) is 1. The zero-order valence-electron chi connectivity index (χ0n) is 17.1. The van der Waals surface area contributed by atoms with Gasteiger partial charge in [0.15, 0.2) is 5.60 Å². The first-order chi connectivity index (χ1) is 15.0. The van der Waals surface area contributed by atoms with Crippen molar-refractivity contribution in [1.82, 2.24) is 9.55 Å². The van der Waals surface area contributed by atoms with E-state index in [0.717, 1.165) is 22.0 Å². The molecule has 0 saturated carbocycles. The van der Waals surface area contributed by atoms with E-state index in [0.29, 0.717) is 42.1 Å². The van der Waals surface area contributed by atoms with Gasteiger partial charge in [0.05, 0.1) is 35.6 Å². The van der Waals surface area contributed by atoms with Crippen molar-refractivity contribution in [3.8, 4) is 11.4 Å². The lowest BCUT2D eigenvalue weighted by atomic mass is 9.86. The first-order valence-corrected chi connectivity index (χ1v) is 10.3. The number of para-hydroxylation sites is 1. The summed E-state index contributed by atoms with van der Waals surface area (Å²) < 4.78 is 6.76. The van der Waals surface area contributed by atoms with Crippen molar-refractivity contribution >= 4 is 23.1 Å². The smallest absolute Gasteiger partial charge is 0.343 e. The van der Waals surface area contributed by atoms with Crippen LogP contribution in [0.2, 0.25) is 0 Å². The molecular weight excluding hydrogens is 396 g/mol. The number of rotatable bonds is 4. The van der Waals surface area contributed by atoms with Gasteiger partial charge >= 0.3 is 5.97 Å². The van der Waals surface area contributed by atoms with Crippen LogP contribution in [-0.2, 0) is 28.3 Å². The van der Waals surface area contributed by atoms with Gasteiger partial charge < -0.3 is 20.1 Å². The molecule has 2 aliphatic rings. The van der Waals surface area contributed by atoms with Crippen LogP contribution in [0, 0.1) is 0 Å². The minimum atomic E-state index is -1.84. The minimum Gasteiger partial charge on any atom is -0.458 e. The Bertz CT molecular complexity index is 1330. The van der Waals surface area contributed by atoms with Crippen molar-refractivity contribution in [2.75, 3.05) is 13.1 Å². The monoisotopic (exact) mass is 418 g/mol. The third-order valence-electron chi connectivity index (χ3n) is 6.12. The van der Waals surface area contributed by atoms with Crippen molar-refractivity contribution in [2.24, 2.45) is 10.7 Å². The molecule has 0 spiro atoms. The van der Waals surface area contributed by atoms with E-state index in [-0.39, 0.29) is 18.6 Å². The van der Waals surface area contributed by atoms with Crippen LogP contribution in [0.15, 0.2) is 40.1 Å². The normalized spacial score (nSPS) is 19.4. The number of esters is 1. The van der Waals surface area contributed by atoms with Gasteiger partial charge in [0.2, 0.25) is 0 Å². The molecule has 3 aromatic rings. The average Bonchev–Trinajstić information content (AvgIpc) is 3.15. The lowest BCUT2D eigenvalue weighted by Crippen LogP contribution is -2.44. The van der Waals surface area contributed by atoms with Gasteiger partial charge in [0, 0.05) is 34.8 Å². The molecule has 3 N–H and O–H groups in total. The molecule has 4 heterocycles. The third-order valence-corrected chi connectivity index (χ3v) is 6.12. The van der Waals surface area contributed by atoms with Gasteiger partial charge in [-0.1, -0.05) is 25.1 Å². The second-order valence-electron chi connectivity index (χ2n) is 7.80. The molecule has 0 fully saturated rings. The summed E-state index contributed by atoms with van der Waals surface area (Å²) in [4.78, 5) is 34.9. The number of ether oxygens (including phenoxy) is 1. The zero-order valence-corrected chi connectivity index (χ0v) is 17.1. The first-order valence-electron chi connectivity index (χ1n) is 10.3. The average molecular weight is 418 g/mol. The fourth-order valence-electron chi connectivity index (χ4n) is 4.44. The number of carbonyl (C=O) groups excluding carboxylic acids is 1. The molecule has 31 heavy (non-hydrogen) atoms. The largest absolute Gasteiger partial charge is 0.458 e. The molecule has 8 nitrogen and oxygen atoms in total. The first kappa shape index (κ1) is 19.6. The van der Waals surface area contributed by atoms with Crippen molar-refractivity contribution in [2.45, 2.75) is 32.1 Å². The van der Waals surface area contributed by atoms with Crippen LogP contribution in [-0.4, -0.2) is 39.9 Å². The molecule has 0 radical (unpaired) electrons. The third kappa shape index (κ3) is 2.75. The van der Waals surface area contributed by atoms with Crippen molar-refractivity contribution in [1.29, 1.82) is 0 Å².